The highest BCUT2D eigenvalue weighted by atomic mass is 32.2. The summed E-state index contributed by atoms with van der Waals surface area (Å²) in [5.74, 6) is 1.21. The fraction of sp³-hybridized carbons (Fsp3) is 0.909. The van der Waals surface area contributed by atoms with E-state index in [0.29, 0.717) is 24.3 Å². The van der Waals surface area contributed by atoms with Crippen molar-refractivity contribution >= 4 is 17.7 Å². The first kappa shape index (κ1) is 13.8. The van der Waals surface area contributed by atoms with E-state index in [0.717, 1.165) is 12.3 Å². The minimum Gasteiger partial charge on any atom is -0.359 e. The van der Waals surface area contributed by atoms with Crippen molar-refractivity contribution in [3.63, 3.8) is 0 Å². The Kier molecular flexibility index (Phi) is 5.58. The first-order valence-electron chi connectivity index (χ1n) is 5.88. The van der Waals surface area contributed by atoms with Crippen LogP contribution in [0.15, 0.2) is 0 Å². The maximum Gasteiger partial charge on any atom is 0.221 e. The molecule has 1 saturated heterocycles. The zero-order valence-electron chi connectivity index (χ0n) is 10.4. The molecule has 1 amide bonds. The highest BCUT2D eigenvalue weighted by Crippen LogP contribution is 2.26. The van der Waals surface area contributed by atoms with Crippen molar-refractivity contribution in [1.82, 2.24) is 10.2 Å². The van der Waals surface area contributed by atoms with Crippen molar-refractivity contribution in [1.29, 1.82) is 0 Å². The van der Waals surface area contributed by atoms with Gasteiger partial charge in [-0.1, -0.05) is 6.92 Å². The Morgan fingerprint density at radius 3 is 2.88 bits per heavy atom. The first-order chi connectivity index (χ1) is 7.60. The van der Waals surface area contributed by atoms with Crippen LogP contribution < -0.4 is 11.1 Å². The van der Waals surface area contributed by atoms with Crippen molar-refractivity contribution < 1.29 is 4.79 Å². The summed E-state index contributed by atoms with van der Waals surface area (Å²) in [6.45, 7) is 6.06. The summed E-state index contributed by atoms with van der Waals surface area (Å²) >= 11 is 2.00. The van der Waals surface area contributed by atoms with E-state index in [1.54, 1.807) is 7.05 Å². The zero-order chi connectivity index (χ0) is 12.1. The Bertz CT molecular complexity index is 237. The van der Waals surface area contributed by atoms with Crippen LogP contribution in [0.25, 0.3) is 0 Å². The van der Waals surface area contributed by atoms with Crippen molar-refractivity contribution in [2.75, 3.05) is 25.9 Å². The van der Waals surface area contributed by atoms with Crippen molar-refractivity contribution in [3.05, 3.63) is 0 Å². The van der Waals surface area contributed by atoms with E-state index < -0.39 is 0 Å². The van der Waals surface area contributed by atoms with Gasteiger partial charge in [-0.15, -0.1) is 0 Å². The molecule has 0 saturated carbocycles. The minimum absolute atomic E-state index is 0.0773. The van der Waals surface area contributed by atoms with Crippen molar-refractivity contribution in [3.8, 4) is 0 Å². The number of amides is 1. The molecule has 4 nitrogen and oxygen atoms in total. The van der Waals surface area contributed by atoms with Gasteiger partial charge in [0, 0.05) is 49.6 Å². The number of carbonyl (C=O) groups is 1. The van der Waals surface area contributed by atoms with Crippen molar-refractivity contribution in [2.45, 2.75) is 37.6 Å². The molecule has 16 heavy (non-hydrogen) atoms. The van der Waals surface area contributed by atoms with Gasteiger partial charge in [-0.3, -0.25) is 9.69 Å². The summed E-state index contributed by atoms with van der Waals surface area (Å²) in [4.78, 5) is 13.8. The van der Waals surface area contributed by atoms with Crippen LogP contribution in [0.3, 0.4) is 0 Å². The maximum absolute atomic E-state index is 11.4. The van der Waals surface area contributed by atoms with Gasteiger partial charge >= 0.3 is 0 Å². The van der Waals surface area contributed by atoms with E-state index >= 15 is 0 Å². The van der Waals surface area contributed by atoms with E-state index in [1.165, 1.54) is 0 Å². The number of nitrogens with two attached hydrogens (primary N) is 1. The third-order valence-electron chi connectivity index (χ3n) is 3.37. The van der Waals surface area contributed by atoms with E-state index in [4.69, 9.17) is 5.73 Å². The second-order valence-electron chi connectivity index (χ2n) is 4.32. The molecule has 1 aliphatic heterocycles. The third-order valence-corrected chi connectivity index (χ3v) is 4.71. The van der Waals surface area contributed by atoms with Gasteiger partial charge in [-0.2, -0.15) is 11.8 Å². The lowest BCUT2D eigenvalue weighted by molar-refractivity contribution is -0.122. The molecule has 94 valence electrons. The van der Waals surface area contributed by atoms with Crippen LogP contribution in [-0.4, -0.2) is 54.0 Å². The monoisotopic (exact) mass is 245 g/mol. The van der Waals surface area contributed by atoms with Crippen LogP contribution in [0.1, 0.15) is 20.3 Å². The lowest BCUT2D eigenvalue weighted by Gasteiger charge is -2.42. The summed E-state index contributed by atoms with van der Waals surface area (Å²) in [5, 5.41) is 3.29. The van der Waals surface area contributed by atoms with E-state index in [1.807, 2.05) is 11.8 Å². The molecule has 3 N–H and O–H groups in total. The second kappa shape index (κ2) is 6.47. The van der Waals surface area contributed by atoms with Gasteiger partial charge in [0.25, 0.3) is 0 Å². The Hall–Kier alpha value is -0.260. The van der Waals surface area contributed by atoms with Gasteiger partial charge in [-0.05, 0) is 6.92 Å². The number of rotatable bonds is 4. The predicted molar refractivity (Wildman–Crippen MR) is 69.6 cm³/mol. The van der Waals surface area contributed by atoms with Gasteiger partial charge in [0.2, 0.25) is 5.91 Å². The molecule has 1 heterocycles. The fourth-order valence-corrected chi connectivity index (χ4v) is 3.25. The van der Waals surface area contributed by atoms with Crippen LogP contribution in [0.4, 0.5) is 0 Å². The molecule has 0 radical (unpaired) electrons. The Morgan fingerprint density at radius 1 is 1.62 bits per heavy atom. The van der Waals surface area contributed by atoms with Crippen LogP contribution in [0, 0.1) is 0 Å². The number of hydrogen-bond acceptors (Lipinski definition) is 4. The summed E-state index contributed by atoms with van der Waals surface area (Å²) in [6, 6.07) is 0.676. The molecule has 1 aliphatic rings. The van der Waals surface area contributed by atoms with Crippen LogP contribution in [0.2, 0.25) is 0 Å². The van der Waals surface area contributed by atoms with Crippen LogP contribution >= 0.6 is 11.8 Å². The topological polar surface area (TPSA) is 58.4 Å². The Morgan fingerprint density at radius 2 is 2.31 bits per heavy atom. The van der Waals surface area contributed by atoms with E-state index in [-0.39, 0.29) is 11.9 Å². The summed E-state index contributed by atoms with van der Waals surface area (Å²) < 4.78 is 0. The molecule has 0 aromatic rings. The molecule has 3 unspecified atom stereocenters. The average molecular weight is 245 g/mol. The van der Waals surface area contributed by atoms with Gasteiger partial charge in [0.1, 0.15) is 0 Å². The molecule has 0 aromatic carbocycles. The summed E-state index contributed by atoms with van der Waals surface area (Å²) in [6.07, 6.45) is 0.509. The molecule has 1 rings (SSSR count). The number of nitrogens with one attached hydrogen (secondary N) is 1. The second-order valence-corrected chi connectivity index (χ2v) is 5.81. The van der Waals surface area contributed by atoms with E-state index in [9.17, 15) is 4.79 Å². The molecule has 3 atom stereocenters. The van der Waals surface area contributed by atoms with Gasteiger partial charge in [0.05, 0.1) is 0 Å². The lowest BCUT2D eigenvalue weighted by atomic mass is 10.1. The quantitative estimate of drug-likeness (QED) is 0.747. The Balaban J connectivity index is 2.60. The average Bonchev–Trinajstić information content (AvgIpc) is 2.29. The largest absolute Gasteiger partial charge is 0.359 e. The predicted octanol–water partition coefficient (Wildman–Crippen LogP) is 0.276. The summed E-state index contributed by atoms with van der Waals surface area (Å²) in [7, 11) is 1.67. The molecular formula is C11H23N3OS. The molecular weight excluding hydrogens is 222 g/mol. The maximum atomic E-state index is 11.4. The van der Waals surface area contributed by atoms with Crippen LogP contribution in [0.5, 0.6) is 0 Å². The standard InChI is InChI=1S/C11H23N3OS/c1-8-9(2)16-5-4-14(8)10(7-12)6-11(15)13-3/h8-10H,4-7,12H2,1-3H3,(H,13,15). The number of thioether (sulfide) groups is 1. The van der Waals surface area contributed by atoms with Gasteiger partial charge < -0.3 is 11.1 Å². The molecule has 0 aromatic heterocycles. The highest BCUT2D eigenvalue weighted by molar-refractivity contribution is 8.00. The number of nitrogens with zero attached hydrogens (tertiary/aromatic N) is 1. The highest BCUT2D eigenvalue weighted by Gasteiger charge is 2.30. The first-order valence-corrected chi connectivity index (χ1v) is 6.93. The smallest absolute Gasteiger partial charge is 0.221 e. The molecule has 0 bridgehead atoms. The van der Waals surface area contributed by atoms with E-state index in [2.05, 4.69) is 24.1 Å². The zero-order valence-corrected chi connectivity index (χ0v) is 11.2. The molecule has 0 aliphatic carbocycles. The molecule has 0 spiro atoms. The SMILES string of the molecule is CNC(=O)CC(CN)N1CCSC(C)C1C. The molecule has 1 fully saturated rings. The normalized spacial score (nSPS) is 28.8. The molecule has 5 heteroatoms. The Labute approximate surface area is 102 Å². The van der Waals surface area contributed by atoms with Crippen LogP contribution in [-0.2, 0) is 4.79 Å². The van der Waals surface area contributed by atoms with Crippen molar-refractivity contribution in [2.24, 2.45) is 5.73 Å². The van der Waals surface area contributed by atoms with Gasteiger partial charge in [-0.25, -0.2) is 0 Å². The lowest BCUT2D eigenvalue weighted by Crippen LogP contribution is -2.53. The minimum atomic E-state index is 0.0773. The fourth-order valence-electron chi connectivity index (χ4n) is 2.12. The third kappa shape index (κ3) is 3.37. The van der Waals surface area contributed by atoms with Gasteiger partial charge in [0.15, 0.2) is 0 Å². The summed E-state index contributed by atoms with van der Waals surface area (Å²) in [5.41, 5.74) is 5.79. The number of carbonyl (C=O) groups excluding carboxylic acids is 1. The number of hydrogen-bond donors (Lipinski definition) is 2.